The van der Waals surface area contributed by atoms with Gasteiger partial charge in [-0.15, -0.1) is 11.3 Å². The minimum Gasteiger partial charge on any atom is -0.369 e. The molecule has 0 amide bonds. The fraction of sp³-hybridized carbons (Fsp3) is 0.316. The molecule has 1 aromatic carbocycles. The van der Waals surface area contributed by atoms with E-state index in [0.29, 0.717) is 41.0 Å². The molecule has 31 heavy (non-hydrogen) atoms. The molecular formula is C19H18ClF3N4O2S2. The van der Waals surface area contributed by atoms with E-state index in [1.54, 1.807) is 13.0 Å². The molecule has 0 aliphatic carbocycles. The van der Waals surface area contributed by atoms with Crippen LogP contribution in [0.4, 0.5) is 18.9 Å². The lowest BCUT2D eigenvalue weighted by atomic mass is 10.2. The number of hydrogen-bond donors (Lipinski definition) is 1. The van der Waals surface area contributed by atoms with Gasteiger partial charge in [-0.2, -0.15) is 22.6 Å². The molecule has 4 rings (SSSR count). The molecule has 1 saturated heterocycles. The van der Waals surface area contributed by atoms with Gasteiger partial charge in [0.1, 0.15) is 11.4 Å². The lowest BCUT2D eigenvalue weighted by Crippen LogP contribution is -2.48. The van der Waals surface area contributed by atoms with Crippen molar-refractivity contribution in [2.75, 3.05) is 31.1 Å². The van der Waals surface area contributed by atoms with Gasteiger partial charge in [0.25, 0.3) is 0 Å². The Morgan fingerprint density at radius 1 is 1.13 bits per heavy atom. The Balaban J connectivity index is 1.53. The van der Waals surface area contributed by atoms with Gasteiger partial charge in [-0.25, -0.2) is 8.42 Å². The van der Waals surface area contributed by atoms with Crippen LogP contribution in [0.5, 0.6) is 0 Å². The number of halogens is 4. The fourth-order valence-electron chi connectivity index (χ4n) is 3.44. The van der Waals surface area contributed by atoms with E-state index in [1.165, 1.54) is 10.4 Å². The zero-order valence-corrected chi connectivity index (χ0v) is 18.7. The molecule has 0 unspecified atom stereocenters. The second-order valence-corrected chi connectivity index (χ2v) is 10.7. The third-order valence-electron chi connectivity index (χ3n) is 5.04. The van der Waals surface area contributed by atoms with E-state index in [1.807, 2.05) is 23.3 Å². The van der Waals surface area contributed by atoms with Gasteiger partial charge in [0.05, 0.1) is 9.77 Å². The maximum atomic E-state index is 13.2. The zero-order valence-electron chi connectivity index (χ0n) is 16.3. The quantitative estimate of drug-likeness (QED) is 0.579. The molecular weight excluding hydrogens is 473 g/mol. The molecule has 6 nitrogen and oxygen atoms in total. The average Bonchev–Trinajstić information content (AvgIpc) is 3.35. The Morgan fingerprint density at radius 2 is 1.84 bits per heavy atom. The van der Waals surface area contributed by atoms with Crippen LogP contribution >= 0.6 is 22.9 Å². The molecule has 0 bridgehead atoms. The van der Waals surface area contributed by atoms with Crippen LogP contribution in [0.3, 0.4) is 0 Å². The smallest absolute Gasteiger partial charge is 0.369 e. The molecule has 0 atom stereocenters. The summed E-state index contributed by atoms with van der Waals surface area (Å²) in [6.45, 7) is 3.23. The number of aromatic amines is 1. The molecule has 3 heterocycles. The molecule has 0 radical (unpaired) electrons. The first-order chi connectivity index (χ1) is 14.6. The summed E-state index contributed by atoms with van der Waals surface area (Å²) >= 11 is 7.14. The van der Waals surface area contributed by atoms with E-state index in [4.69, 9.17) is 11.6 Å². The number of benzene rings is 1. The van der Waals surface area contributed by atoms with E-state index >= 15 is 0 Å². The molecule has 3 aromatic rings. The van der Waals surface area contributed by atoms with Crippen LogP contribution in [0.15, 0.2) is 41.3 Å². The SMILES string of the molecule is Cc1sc(-c2cc(C(F)(F)F)[nH]n2)cc1S(=O)(=O)N1CCN(c2cccc(Cl)c2)CC1. The number of H-pyrrole nitrogens is 1. The lowest BCUT2D eigenvalue weighted by molar-refractivity contribution is -0.141. The van der Waals surface area contributed by atoms with Crippen molar-refractivity contribution >= 4 is 38.6 Å². The molecule has 12 heteroatoms. The van der Waals surface area contributed by atoms with Gasteiger partial charge < -0.3 is 4.90 Å². The summed E-state index contributed by atoms with van der Waals surface area (Å²) in [4.78, 5) is 3.02. The predicted molar refractivity (Wildman–Crippen MR) is 114 cm³/mol. The van der Waals surface area contributed by atoms with Gasteiger partial charge in [0.2, 0.25) is 10.0 Å². The normalized spacial score (nSPS) is 16.1. The number of piperazine rings is 1. The van der Waals surface area contributed by atoms with Gasteiger partial charge >= 0.3 is 6.18 Å². The summed E-state index contributed by atoms with van der Waals surface area (Å²) in [6.07, 6.45) is -4.55. The van der Waals surface area contributed by atoms with E-state index in [-0.39, 0.29) is 10.6 Å². The first-order valence-corrected chi connectivity index (χ1v) is 11.9. The van der Waals surface area contributed by atoms with E-state index in [2.05, 4.69) is 10.00 Å². The number of aromatic nitrogens is 2. The van der Waals surface area contributed by atoms with Gasteiger partial charge in [0, 0.05) is 41.8 Å². The number of nitrogens with one attached hydrogen (secondary N) is 1. The third-order valence-corrected chi connectivity index (χ3v) is 8.50. The Morgan fingerprint density at radius 3 is 2.45 bits per heavy atom. The Bertz CT molecular complexity index is 1200. The maximum absolute atomic E-state index is 13.2. The number of aryl methyl sites for hydroxylation is 1. The highest BCUT2D eigenvalue weighted by molar-refractivity contribution is 7.89. The minimum atomic E-state index is -4.55. The number of anilines is 1. The number of hydrogen-bond acceptors (Lipinski definition) is 5. The number of alkyl halides is 3. The summed E-state index contributed by atoms with van der Waals surface area (Å²) in [5.74, 6) is 0. The predicted octanol–water partition coefficient (Wildman–Crippen LogP) is 4.63. The summed E-state index contributed by atoms with van der Waals surface area (Å²) in [6, 6.07) is 9.65. The van der Waals surface area contributed by atoms with Crippen molar-refractivity contribution < 1.29 is 21.6 Å². The molecule has 166 valence electrons. The van der Waals surface area contributed by atoms with Crippen LogP contribution < -0.4 is 4.90 Å². The number of nitrogens with zero attached hydrogens (tertiary/aromatic N) is 3. The maximum Gasteiger partial charge on any atom is 0.432 e. The Hall–Kier alpha value is -2.08. The summed E-state index contributed by atoms with van der Waals surface area (Å²) in [7, 11) is -3.78. The van der Waals surface area contributed by atoms with Gasteiger partial charge in [0.15, 0.2) is 0 Å². The topological polar surface area (TPSA) is 69.3 Å². The van der Waals surface area contributed by atoms with Crippen molar-refractivity contribution in [3.05, 3.63) is 52.0 Å². The third kappa shape index (κ3) is 4.45. The highest BCUT2D eigenvalue weighted by atomic mass is 35.5. The lowest BCUT2D eigenvalue weighted by Gasteiger charge is -2.35. The highest BCUT2D eigenvalue weighted by Gasteiger charge is 2.34. The number of sulfonamides is 1. The summed E-state index contributed by atoms with van der Waals surface area (Å²) in [5, 5.41) is 6.26. The standard InChI is InChI=1S/C19H18ClF3N4O2S2/c1-12-17(11-16(30-12)15-10-18(25-24-15)19(21,22)23)31(28,29)27-7-5-26(6-8-27)14-4-2-3-13(20)9-14/h2-4,9-11H,5-8H2,1H3,(H,24,25). The first kappa shape index (κ1) is 22.1. The van der Waals surface area contributed by atoms with Crippen molar-refractivity contribution in [2.24, 2.45) is 0 Å². The van der Waals surface area contributed by atoms with Crippen LogP contribution in [0.25, 0.3) is 10.6 Å². The van der Waals surface area contributed by atoms with E-state index < -0.39 is 21.9 Å². The van der Waals surface area contributed by atoms with Gasteiger partial charge in [-0.05, 0) is 37.3 Å². The van der Waals surface area contributed by atoms with E-state index in [0.717, 1.165) is 23.1 Å². The van der Waals surface area contributed by atoms with Crippen LogP contribution in [0, 0.1) is 6.92 Å². The largest absolute Gasteiger partial charge is 0.432 e. The molecule has 1 aliphatic heterocycles. The van der Waals surface area contributed by atoms with Crippen LogP contribution in [-0.4, -0.2) is 49.1 Å². The van der Waals surface area contributed by atoms with Crippen molar-refractivity contribution in [1.82, 2.24) is 14.5 Å². The van der Waals surface area contributed by atoms with Crippen molar-refractivity contribution in [3.8, 4) is 10.6 Å². The van der Waals surface area contributed by atoms with Crippen LogP contribution in [0.1, 0.15) is 10.6 Å². The molecule has 0 saturated carbocycles. The summed E-state index contributed by atoms with van der Waals surface area (Å²) < 4.78 is 66.3. The average molecular weight is 491 g/mol. The molecule has 1 aliphatic rings. The van der Waals surface area contributed by atoms with Gasteiger partial charge in [-0.1, -0.05) is 17.7 Å². The second kappa shape index (κ2) is 8.12. The van der Waals surface area contributed by atoms with Crippen molar-refractivity contribution in [1.29, 1.82) is 0 Å². The van der Waals surface area contributed by atoms with Crippen molar-refractivity contribution in [3.63, 3.8) is 0 Å². The monoisotopic (exact) mass is 490 g/mol. The minimum absolute atomic E-state index is 0.0626. The molecule has 1 N–H and O–H groups in total. The van der Waals surface area contributed by atoms with Crippen molar-refractivity contribution in [2.45, 2.75) is 18.0 Å². The molecule has 1 fully saturated rings. The Labute approximate surface area is 186 Å². The zero-order chi connectivity index (χ0) is 22.4. The highest BCUT2D eigenvalue weighted by Crippen LogP contribution is 2.37. The van der Waals surface area contributed by atoms with Crippen LogP contribution in [-0.2, 0) is 16.2 Å². The fourth-order valence-corrected chi connectivity index (χ4v) is 6.57. The first-order valence-electron chi connectivity index (χ1n) is 9.30. The molecule has 0 spiro atoms. The summed E-state index contributed by atoms with van der Waals surface area (Å²) in [5.41, 5.74) is 0.0142. The number of thiophene rings is 1. The van der Waals surface area contributed by atoms with Crippen LogP contribution in [0.2, 0.25) is 5.02 Å². The second-order valence-electron chi connectivity index (χ2n) is 7.07. The number of rotatable bonds is 4. The van der Waals surface area contributed by atoms with E-state index in [9.17, 15) is 21.6 Å². The Kier molecular flexibility index (Phi) is 5.80. The van der Waals surface area contributed by atoms with Gasteiger partial charge in [-0.3, -0.25) is 5.10 Å². The molecule has 2 aromatic heterocycles.